The van der Waals surface area contributed by atoms with Gasteiger partial charge in [-0.3, -0.25) is 0 Å². The summed E-state index contributed by atoms with van der Waals surface area (Å²) in [6.45, 7) is 4.21. The Hall–Kier alpha value is -1.63. The molecule has 0 N–H and O–H groups in total. The number of rotatable bonds is 0. The van der Waals surface area contributed by atoms with Crippen molar-refractivity contribution < 1.29 is 4.39 Å². The largest absolute Gasteiger partial charge is 0.207 e. The summed E-state index contributed by atoms with van der Waals surface area (Å²) in [7, 11) is 0. The third-order valence-corrected chi connectivity index (χ3v) is 1.91. The van der Waals surface area contributed by atoms with E-state index in [1.807, 2.05) is 0 Å². The van der Waals surface area contributed by atoms with Crippen molar-refractivity contribution in [2.75, 3.05) is 0 Å². The fourth-order valence-electron chi connectivity index (χ4n) is 1.22. The number of halogens is 1. The second-order valence-corrected chi connectivity index (χ2v) is 3.45. The maximum atomic E-state index is 11.9. The Kier molecular flexibility index (Phi) is 4.55. The Morgan fingerprint density at radius 3 is 1.53 bits per heavy atom. The van der Waals surface area contributed by atoms with Crippen molar-refractivity contribution in [3.63, 3.8) is 0 Å². The van der Waals surface area contributed by atoms with Crippen LogP contribution in [-0.2, 0) is 0 Å². The molecule has 0 aliphatic carbocycles. The molecule has 78 valence electrons. The standard InChI is InChI=1S/C8H10.C6H5F/c1-7-4-3-5-8(2)6-7;7-6-4-2-1-3-5-6/h3-6H,1-2H3;1-5H. The molecule has 2 aromatic carbocycles. The van der Waals surface area contributed by atoms with Gasteiger partial charge in [-0.1, -0.05) is 53.6 Å². The van der Waals surface area contributed by atoms with Gasteiger partial charge in [0.05, 0.1) is 0 Å². The zero-order valence-corrected chi connectivity index (χ0v) is 9.07. The quantitative estimate of drug-likeness (QED) is 0.602. The summed E-state index contributed by atoms with van der Waals surface area (Å²) in [6.07, 6.45) is 0. The van der Waals surface area contributed by atoms with E-state index in [0.29, 0.717) is 0 Å². The summed E-state index contributed by atoms with van der Waals surface area (Å²) in [5, 5.41) is 0. The highest BCUT2D eigenvalue weighted by Gasteiger charge is 1.80. The van der Waals surface area contributed by atoms with Crippen LogP contribution in [0.1, 0.15) is 11.1 Å². The van der Waals surface area contributed by atoms with E-state index in [-0.39, 0.29) is 5.82 Å². The summed E-state index contributed by atoms with van der Waals surface area (Å²) >= 11 is 0. The molecule has 1 heteroatoms. The topological polar surface area (TPSA) is 0 Å². The van der Waals surface area contributed by atoms with Crippen LogP contribution < -0.4 is 0 Å². The van der Waals surface area contributed by atoms with E-state index in [1.165, 1.54) is 23.3 Å². The smallest absolute Gasteiger partial charge is 0.123 e. The van der Waals surface area contributed by atoms with Crippen molar-refractivity contribution in [1.29, 1.82) is 0 Å². The number of benzene rings is 2. The van der Waals surface area contributed by atoms with E-state index >= 15 is 0 Å². The Morgan fingerprint density at radius 1 is 0.733 bits per heavy atom. The first-order chi connectivity index (χ1) is 7.18. The minimum absolute atomic E-state index is 0.178. The molecule has 0 aromatic heterocycles. The lowest BCUT2D eigenvalue weighted by atomic mass is 10.2. The second-order valence-electron chi connectivity index (χ2n) is 3.45. The lowest BCUT2D eigenvalue weighted by Crippen LogP contribution is -1.71. The van der Waals surface area contributed by atoms with Gasteiger partial charge in [0.25, 0.3) is 0 Å². The molecular formula is C14H15F. The van der Waals surface area contributed by atoms with Gasteiger partial charge < -0.3 is 0 Å². The first-order valence-corrected chi connectivity index (χ1v) is 4.92. The highest BCUT2D eigenvalue weighted by molar-refractivity contribution is 5.20. The molecule has 0 bridgehead atoms. The predicted octanol–water partition coefficient (Wildman–Crippen LogP) is 4.13. The molecule has 0 fully saturated rings. The van der Waals surface area contributed by atoms with Crippen molar-refractivity contribution in [2.45, 2.75) is 13.8 Å². The Labute approximate surface area is 90.4 Å². The summed E-state index contributed by atoms with van der Waals surface area (Å²) < 4.78 is 11.9. The molecule has 0 spiro atoms. The summed E-state index contributed by atoms with van der Waals surface area (Å²) in [5.41, 5.74) is 2.68. The Balaban J connectivity index is 0.000000151. The molecule has 0 atom stereocenters. The number of aryl methyl sites for hydroxylation is 2. The molecule has 15 heavy (non-hydrogen) atoms. The van der Waals surface area contributed by atoms with Gasteiger partial charge in [-0.2, -0.15) is 0 Å². The zero-order valence-electron chi connectivity index (χ0n) is 9.07. The molecular weight excluding hydrogens is 187 g/mol. The molecule has 0 heterocycles. The molecule has 0 nitrogen and oxygen atoms in total. The molecule has 0 saturated heterocycles. The van der Waals surface area contributed by atoms with Crippen LogP contribution >= 0.6 is 0 Å². The second kappa shape index (κ2) is 5.97. The fraction of sp³-hybridized carbons (Fsp3) is 0.143. The van der Waals surface area contributed by atoms with Crippen LogP contribution in [0.25, 0.3) is 0 Å². The number of hydrogen-bond donors (Lipinski definition) is 0. The van der Waals surface area contributed by atoms with E-state index < -0.39 is 0 Å². The third kappa shape index (κ3) is 4.96. The van der Waals surface area contributed by atoms with Crippen molar-refractivity contribution in [3.05, 3.63) is 71.5 Å². The molecule has 2 aromatic rings. The summed E-state index contributed by atoms with van der Waals surface area (Å²) in [5.74, 6) is -0.178. The maximum absolute atomic E-state index is 11.9. The minimum atomic E-state index is -0.178. The number of hydrogen-bond acceptors (Lipinski definition) is 0. The Morgan fingerprint density at radius 2 is 1.27 bits per heavy atom. The van der Waals surface area contributed by atoms with Crippen molar-refractivity contribution >= 4 is 0 Å². The van der Waals surface area contributed by atoms with Crippen molar-refractivity contribution in [3.8, 4) is 0 Å². The minimum Gasteiger partial charge on any atom is -0.207 e. The van der Waals surface area contributed by atoms with Crippen molar-refractivity contribution in [1.82, 2.24) is 0 Å². The van der Waals surface area contributed by atoms with Gasteiger partial charge in [-0.25, -0.2) is 4.39 Å². The van der Waals surface area contributed by atoms with Crippen molar-refractivity contribution in [2.24, 2.45) is 0 Å². The molecule has 0 saturated carbocycles. The highest BCUT2D eigenvalue weighted by Crippen LogP contribution is 2.00. The van der Waals surface area contributed by atoms with Crippen LogP contribution in [0.15, 0.2) is 54.6 Å². The van der Waals surface area contributed by atoms with Crippen LogP contribution in [0.2, 0.25) is 0 Å². The van der Waals surface area contributed by atoms with Gasteiger partial charge in [0.15, 0.2) is 0 Å². The molecule has 2 rings (SSSR count). The average molecular weight is 202 g/mol. The molecule has 0 amide bonds. The van der Waals surface area contributed by atoms with E-state index in [9.17, 15) is 4.39 Å². The lowest BCUT2D eigenvalue weighted by Gasteiger charge is -1.90. The highest BCUT2D eigenvalue weighted by atomic mass is 19.1. The van der Waals surface area contributed by atoms with Gasteiger partial charge >= 0.3 is 0 Å². The fourth-order valence-corrected chi connectivity index (χ4v) is 1.22. The zero-order chi connectivity index (χ0) is 11.1. The van der Waals surface area contributed by atoms with Gasteiger partial charge in [0, 0.05) is 0 Å². The van der Waals surface area contributed by atoms with E-state index in [4.69, 9.17) is 0 Å². The first-order valence-electron chi connectivity index (χ1n) is 4.92. The summed E-state index contributed by atoms with van der Waals surface area (Å²) in [4.78, 5) is 0. The van der Waals surface area contributed by atoms with E-state index in [0.717, 1.165) is 0 Å². The third-order valence-electron chi connectivity index (χ3n) is 1.91. The predicted molar refractivity (Wildman–Crippen MR) is 62.3 cm³/mol. The van der Waals surface area contributed by atoms with Crippen LogP contribution in [0.4, 0.5) is 4.39 Å². The first kappa shape index (κ1) is 11.4. The molecule has 0 unspecified atom stereocenters. The maximum Gasteiger partial charge on any atom is 0.123 e. The van der Waals surface area contributed by atoms with Gasteiger partial charge in [0.1, 0.15) is 5.82 Å². The van der Waals surface area contributed by atoms with Crippen LogP contribution in [0.5, 0.6) is 0 Å². The molecule has 0 aliphatic rings. The summed E-state index contributed by atoms with van der Waals surface area (Å²) in [6, 6.07) is 16.4. The average Bonchev–Trinajstić information content (AvgIpc) is 2.19. The van der Waals surface area contributed by atoms with Crippen LogP contribution in [0.3, 0.4) is 0 Å². The molecule has 0 aliphatic heterocycles. The van der Waals surface area contributed by atoms with Gasteiger partial charge in [0.2, 0.25) is 0 Å². The normalized spacial score (nSPS) is 9.00. The van der Waals surface area contributed by atoms with E-state index in [2.05, 4.69) is 38.1 Å². The van der Waals surface area contributed by atoms with Gasteiger partial charge in [-0.05, 0) is 26.0 Å². The monoisotopic (exact) mass is 202 g/mol. The van der Waals surface area contributed by atoms with Gasteiger partial charge in [-0.15, -0.1) is 0 Å². The molecule has 0 radical (unpaired) electrons. The Bertz CT molecular complexity index is 376. The lowest BCUT2D eigenvalue weighted by molar-refractivity contribution is 0.628. The van der Waals surface area contributed by atoms with Crippen LogP contribution in [-0.4, -0.2) is 0 Å². The van der Waals surface area contributed by atoms with Crippen LogP contribution in [0, 0.1) is 19.7 Å². The van der Waals surface area contributed by atoms with E-state index in [1.54, 1.807) is 18.2 Å². The SMILES string of the molecule is Cc1cccc(C)c1.Fc1ccccc1.